The number of rotatable bonds is 2. The molecule has 21 heavy (non-hydrogen) atoms. The Bertz CT molecular complexity index is 872. The largest absolute Gasteiger partial charge is 0.255 e. The first kappa shape index (κ1) is 13.5. The van der Waals surface area contributed by atoms with Crippen molar-refractivity contribution in [3.8, 4) is 6.07 Å². The summed E-state index contributed by atoms with van der Waals surface area (Å²) >= 11 is 1.10. The van der Waals surface area contributed by atoms with Crippen molar-refractivity contribution in [2.24, 2.45) is 0 Å². The standard InChI is InChI=1S/C16H8F2N2S/c17-11-5-6-15(13(18)7-11)21-16-10(8-19)9-20-14-4-2-1-3-12(14)16/h1-7,9H. The first-order valence-corrected chi connectivity index (χ1v) is 6.91. The second kappa shape index (κ2) is 5.51. The van der Waals surface area contributed by atoms with Crippen molar-refractivity contribution in [1.29, 1.82) is 5.26 Å². The van der Waals surface area contributed by atoms with Crippen molar-refractivity contribution in [2.75, 3.05) is 0 Å². The molecule has 0 fully saturated rings. The SMILES string of the molecule is N#Cc1cnc2ccccc2c1Sc1ccc(F)cc1F. The van der Waals surface area contributed by atoms with Gasteiger partial charge in [-0.1, -0.05) is 30.0 Å². The van der Waals surface area contributed by atoms with Gasteiger partial charge in [0.2, 0.25) is 0 Å². The molecular weight excluding hydrogens is 290 g/mol. The van der Waals surface area contributed by atoms with E-state index in [2.05, 4.69) is 11.1 Å². The van der Waals surface area contributed by atoms with Gasteiger partial charge in [-0.25, -0.2) is 8.78 Å². The third-order valence-electron chi connectivity index (χ3n) is 2.95. The summed E-state index contributed by atoms with van der Waals surface area (Å²) in [5.74, 6) is -1.28. The van der Waals surface area contributed by atoms with E-state index in [9.17, 15) is 14.0 Å². The lowest BCUT2D eigenvalue weighted by molar-refractivity contribution is 0.566. The monoisotopic (exact) mass is 298 g/mol. The number of pyridine rings is 1. The number of para-hydroxylation sites is 1. The molecule has 1 heterocycles. The zero-order valence-electron chi connectivity index (χ0n) is 10.7. The third-order valence-corrected chi connectivity index (χ3v) is 4.15. The van der Waals surface area contributed by atoms with Gasteiger partial charge in [0.15, 0.2) is 0 Å². The van der Waals surface area contributed by atoms with E-state index < -0.39 is 11.6 Å². The second-order valence-corrected chi connectivity index (χ2v) is 5.36. The minimum atomic E-state index is -0.648. The Morgan fingerprint density at radius 3 is 2.67 bits per heavy atom. The lowest BCUT2D eigenvalue weighted by atomic mass is 10.2. The van der Waals surface area contributed by atoms with Gasteiger partial charge in [0, 0.05) is 27.4 Å². The number of hydrogen-bond donors (Lipinski definition) is 0. The molecule has 0 aliphatic rings. The van der Waals surface area contributed by atoms with Crippen LogP contribution >= 0.6 is 11.8 Å². The Morgan fingerprint density at radius 1 is 1.10 bits per heavy atom. The Kier molecular flexibility index (Phi) is 3.55. The summed E-state index contributed by atoms with van der Waals surface area (Å²) in [6.45, 7) is 0. The second-order valence-electron chi connectivity index (χ2n) is 4.31. The molecule has 0 aliphatic heterocycles. The van der Waals surface area contributed by atoms with Crippen LogP contribution in [0.2, 0.25) is 0 Å². The lowest BCUT2D eigenvalue weighted by Crippen LogP contribution is -1.90. The Hall–Kier alpha value is -2.45. The zero-order valence-corrected chi connectivity index (χ0v) is 11.5. The van der Waals surface area contributed by atoms with E-state index >= 15 is 0 Å². The summed E-state index contributed by atoms with van der Waals surface area (Å²) in [6, 6.07) is 12.8. The molecule has 0 amide bonds. The van der Waals surface area contributed by atoms with Crippen LogP contribution in [0.25, 0.3) is 10.9 Å². The van der Waals surface area contributed by atoms with Gasteiger partial charge in [-0.05, 0) is 18.2 Å². The zero-order chi connectivity index (χ0) is 14.8. The third kappa shape index (κ3) is 2.58. The van der Waals surface area contributed by atoms with Crippen LogP contribution in [0, 0.1) is 23.0 Å². The Morgan fingerprint density at radius 2 is 1.90 bits per heavy atom. The highest BCUT2D eigenvalue weighted by Gasteiger charge is 2.13. The van der Waals surface area contributed by atoms with Crippen LogP contribution in [-0.2, 0) is 0 Å². The number of nitriles is 1. The molecule has 1 aromatic heterocycles. The molecular formula is C16H8F2N2S. The maximum absolute atomic E-state index is 13.8. The van der Waals surface area contributed by atoms with E-state index in [-0.39, 0.29) is 4.90 Å². The van der Waals surface area contributed by atoms with E-state index in [1.807, 2.05) is 24.3 Å². The predicted octanol–water partition coefficient (Wildman–Crippen LogP) is 4.54. The minimum absolute atomic E-state index is 0.268. The van der Waals surface area contributed by atoms with Gasteiger partial charge in [-0.15, -0.1) is 0 Å². The van der Waals surface area contributed by atoms with Gasteiger partial charge < -0.3 is 0 Å². The topological polar surface area (TPSA) is 36.7 Å². The van der Waals surface area contributed by atoms with Crippen molar-refractivity contribution in [1.82, 2.24) is 4.98 Å². The normalized spacial score (nSPS) is 10.5. The molecule has 0 bridgehead atoms. The van der Waals surface area contributed by atoms with E-state index in [1.165, 1.54) is 18.3 Å². The molecule has 3 rings (SSSR count). The summed E-state index contributed by atoms with van der Waals surface area (Å²) in [4.78, 5) is 5.09. The molecule has 2 nitrogen and oxygen atoms in total. The molecule has 2 aromatic carbocycles. The number of hydrogen-bond acceptors (Lipinski definition) is 3. The fourth-order valence-corrected chi connectivity index (χ4v) is 2.98. The number of aromatic nitrogens is 1. The van der Waals surface area contributed by atoms with Crippen LogP contribution in [0.5, 0.6) is 0 Å². The average Bonchev–Trinajstić information content (AvgIpc) is 2.50. The van der Waals surface area contributed by atoms with Crippen LogP contribution in [0.4, 0.5) is 8.78 Å². The highest BCUT2D eigenvalue weighted by molar-refractivity contribution is 7.99. The van der Waals surface area contributed by atoms with Crippen molar-refractivity contribution in [3.63, 3.8) is 0 Å². The molecule has 0 saturated heterocycles. The summed E-state index contributed by atoms with van der Waals surface area (Å²) in [6.07, 6.45) is 1.46. The maximum Gasteiger partial charge on any atom is 0.140 e. The molecule has 3 aromatic rings. The summed E-state index contributed by atoms with van der Waals surface area (Å²) in [5, 5.41) is 9.98. The molecule has 0 aliphatic carbocycles. The summed E-state index contributed by atoms with van der Waals surface area (Å²) in [7, 11) is 0. The van der Waals surface area contributed by atoms with Crippen LogP contribution in [0.1, 0.15) is 5.56 Å². The Balaban J connectivity index is 2.17. The Labute approximate surface area is 124 Å². The molecule has 0 radical (unpaired) electrons. The first-order chi connectivity index (χ1) is 10.2. The maximum atomic E-state index is 13.8. The molecule has 0 atom stereocenters. The molecule has 0 N–H and O–H groups in total. The van der Waals surface area contributed by atoms with Crippen molar-refractivity contribution < 1.29 is 8.78 Å². The molecule has 0 saturated carbocycles. The van der Waals surface area contributed by atoms with Crippen molar-refractivity contribution in [3.05, 3.63) is 65.9 Å². The van der Waals surface area contributed by atoms with Gasteiger partial charge in [-0.2, -0.15) is 5.26 Å². The van der Waals surface area contributed by atoms with E-state index in [0.717, 1.165) is 28.7 Å². The predicted molar refractivity (Wildman–Crippen MR) is 76.9 cm³/mol. The summed E-state index contributed by atoms with van der Waals surface area (Å²) < 4.78 is 26.8. The lowest BCUT2D eigenvalue weighted by Gasteiger charge is -2.08. The fourth-order valence-electron chi connectivity index (χ4n) is 1.97. The van der Waals surface area contributed by atoms with Crippen molar-refractivity contribution >= 4 is 22.7 Å². The fraction of sp³-hybridized carbons (Fsp3) is 0. The van der Waals surface area contributed by atoms with Gasteiger partial charge in [0.1, 0.15) is 17.7 Å². The van der Waals surface area contributed by atoms with E-state index in [4.69, 9.17) is 0 Å². The van der Waals surface area contributed by atoms with E-state index in [0.29, 0.717) is 10.5 Å². The van der Waals surface area contributed by atoms with Gasteiger partial charge in [0.05, 0.1) is 11.1 Å². The quantitative estimate of drug-likeness (QED) is 0.697. The minimum Gasteiger partial charge on any atom is -0.255 e. The van der Waals surface area contributed by atoms with Gasteiger partial charge >= 0.3 is 0 Å². The van der Waals surface area contributed by atoms with Crippen molar-refractivity contribution in [2.45, 2.75) is 9.79 Å². The molecule has 5 heteroatoms. The number of benzene rings is 2. The highest BCUT2D eigenvalue weighted by Crippen LogP contribution is 2.36. The smallest absolute Gasteiger partial charge is 0.140 e. The first-order valence-electron chi connectivity index (χ1n) is 6.10. The molecule has 0 unspecified atom stereocenters. The number of halogens is 2. The van der Waals surface area contributed by atoms with Crippen LogP contribution in [0.15, 0.2) is 58.5 Å². The van der Waals surface area contributed by atoms with Crippen LogP contribution in [-0.4, -0.2) is 4.98 Å². The summed E-state index contributed by atoms with van der Waals surface area (Å²) in [5.41, 5.74) is 1.09. The number of fused-ring (bicyclic) bond motifs is 1. The molecule has 102 valence electrons. The van der Waals surface area contributed by atoms with Crippen LogP contribution in [0.3, 0.4) is 0 Å². The highest BCUT2D eigenvalue weighted by atomic mass is 32.2. The van der Waals surface area contributed by atoms with Gasteiger partial charge in [-0.3, -0.25) is 4.98 Å². The number of nitrogens with zero attached hydrogens (tertiary/aromatic N) is 2. The van der Waals surface area contributed by atoms with Crippen LogP contribution < -0.4 is 0 Å². The molecule has 0 spiro atoms. The van der Waals surface area contributed by atoms with Gasteiger partial charge in [0.25, 0.3) is 0 Å². The van der Waals surface area contributed by atoms with E-state index in [1.54, 1.807) is 0 Å². The average molecular weight is 298 g/mol.